The van der Waals surface area contributed by atoms with E-state index in [1.807, 2.05) is 0 Å². The predicted octanol–water partition coefficient (Wildman–Crippen LogP) is 2.93. The van der Waals surface area contributed by atoms with E-state index in [1.54, 1.807) is 41.1 Å². The van der Waals surface area contributed by atoms with Gasteiger partial charge in [0.25, 0.3) is 0 Å². The topological polar surface area (TPSA) is 72.2 Å². The number of benzene rings is 2. The number of hydrogen-bond acceptors (Lipinski definition) is 4. The van der Waals surface area contributed by atoms with Crippen LogP contribution >= 0.6 is 0 Å². The SMILES string of the molecule is CS(=O)(=O)c1ccc(-n2nc3c(c2-c2ccc(F)cc2)CC(O)CC3)cc1. The first kappa shape index (κ1) is 17.9. The summed E-state index contributed by atoms with van der Waals surface area (Å²) in [4.78, 5) is 0.238. The van der Waals surface area contributed by atoms with Crippen molar-refractivity contribution in [2.45, 2.75) is 30.3 Å². The average molecular weight is 386 g/mol. The smallest absolute Gasteiger partial charge is 0.175 e. The quantitative estimate of drug-likeness (QED) is 0.751. The minimum Gasteiger partial charge on any atom is -0.393 e. The molecule has 1 atom stereocenters. The summed E-state index contributed by atoms with van der Waals surface area (Å²) in [6.45, 7) is 0. The van der Waals surface area contributed by atoms with E-state index in [-0.39, 0.29) is 10.7 Å². The number of sulfone groups is 1. The number of aryl methyl sites for hydroxylation is 1. The number of nitrogens with zero attached hydrogens (tertiary/aromatic N) is 2. The van der Waals surface area contributed by atoms with Gasteiger partial charge in [-0.15, -0.1) is 0 Å². The highest BCUT2D eigenvalue weighted by Gasteiger charge is 2.26. The van der Waals surface area contributed by atoms with Gasteiger partial charge in [-0.2, -0.15) is 5.10 Å². The Morgan fingerprint density at radius 3 is 2.41 bits per heavy atom. The van der Waals surface area contributed by atoms with Crippen molar-refractivity contribution in [3.8, 4) is 16.9 Å². The van der Waals surface area contributed by atoms with Crippen LogP contribution in [0.15, 0.2) is 53.4 Å². The molecular weight excluding hydrogens is 367 g/mol. The van der Waals surface area contributed by atoms with Gasteiger partial charge in [-0.3, -0.25) is 0 Å². The lowest BCUT2D eigenvalue weighted by Gasteiger charge is -2.17. The molecule has 1 aliphatic rings. The summed E-state index contributed by atoms with van der Waals surface area (Å²) in [6.07, 6.45) is 2.55. The van der Waals surface area contributed by atoms with Crippen LogP contribution in [0.5, 0.6) is 0 Å². The Labute approximate surface area is 157 Å². The molecule has 1 N–H and O–H groups in total. The van der Waals surface area contributed by atoms with Crippen molar-refractivity contribution in [2.75, 3.05) is 6.26 Å². The molecule has 1 aliphatic carbocycles. The van der Waals surface area contributed by atoms with Gasteiger partial charge in [-0.25, -0.2) is 17.5 Å². The van der Waals surface area contributed by atoms with Gasteiger partial charge in [-0.05, 0) is 61.4 Å². The largest absolute Gasteiger partial charge is 0.393 e. The lowest BCUT2D eigenvalue weighted by Crippen LogP contribution is -2.18. The highest BCUT2D eigenvalue weighted by Crippen LogP contribution is 2.34. The number of aliphatic hydroxyl groups excluding tert-OH is 1. The predicted molar refractivity (Wildman–Crippen MR) is 100 cm³/mol. The molecule has 2 aromatic carbocycles. The molecule has 0 saturated carbocycles. The summed E-state index contributed by atoms with van der Waals surface area (Å²) >= 11 is 0. The Balaban J connectivity index is 1.89. The van der Waals surface area contributed by atoms with Crippen molar-refractivity contribution < 1.29 is 17.9 Å². The number of aliphatic hydroxyl groups is 1. The van der Waals surface area contributed by atoms with E-state index in [0.29, 0.717) is 24.9 Å². The molecule has 0 radical (unpaired) electrons. The van der Waals surface area contributed by atoms with Crippen LogP contribution in [0, 0.1) is 5.82 Å². The van der Waals surface area contributed by atoms with Gasteiger partial charge in [0.15, 0.2) is 9.84 Å². The fourth-order valence-corrected chi connectivity index (χ4v) is 4.11. The van der Waals surface area contributed by atoms with Gasteiger partial charge >= 0.3 is 0 Å². The maximum atomic E-state index is 13.4. The van der Waals surface area contributed by atoms with E-state index in [0.717, 1.165) is 22.5 Å². The molecule has 0 spiro atoms. The average Bonchev–Trinajstić information content (AvgIpc) is 3.00. The summed E-state index contributed by atoms with van der Waals surface area (Å²) in [6, 6.07) is 12.7. The molecule has 0 saturated heterocycles. The molecule has 5 nitrogen and oxygen atoms in total. The van der Waals surface area contributed by atoms with E-state index in [4.69, 9.17) is 5.10 Å². The van der Waals surface area contributed by atoms with E-state index < -0.39 is 15.9 Å². The monoisotopic (exact) mass is 386 g/mol. The molecule has 0 amide bonds. The molecule has 0 bridgehead atoms. The fraction of sp³-hybridized carbons (Fsp3) is 0.250. The van der Waals surface area contributed by atoms with Crippen molar-refractivity contribution >= 4 is 9.84 Å². The minimum absolute atomic E-state index is 0.238. The van der Waals surface area contributed by atoms with Gasteiger partial charge in [0.05, 0.1) is 28.1 Å². The molecular formula is C20H19FN2O3S. The Morgan fingerprint density at radius 1 is 1.11 bits per heavy atom. The van der Waals surface area contributed by atoms with E-state index in [9.17, 15) is 17.9 Å². The summed E-state index contributed by atoms with van der Waals surface area (Å²) in [7, 11) is -3.28. The Kier molecular flexibility index (Phi) is 4.36. The second kappa shape index (κ2) is 6.58. The first-order valence-corrected chi connectivity index (χ1v) is 10.6. The van der Waals surface area contributed by atoms with Crippen molar-refractivity contribution in [3.63, 3.8) is 0 Å². The third-order valence-corrected chi connectivity index (χ3v) is 5.98. The molecule has 3 aromatic rings. The lowest BCUT2D eigenvalue weighted by atomic mass is 9.91. The first-order chi connectivity index (χ1) is 12.8. The molecule has 0 fully saturated rings. The highest BCUT2D eigenvalue weighted by atomic mass is 32.2. The van der Waals surface area contributed by atoms with Crippen LogP contribution in [0.2, 0.25) is 0 Å². The van der Waals surface area contributed by atoms with Crippen molar-refractivity contribution in [1.29, 1.82) is 0 Å². The summed E-state index contributed by atoms with van der Waals surface area (Å²) in [5, 5.41) is 14.8. The Hall–Kier alpha value is -2.51. The molecule has 4 rings (SSSR count). The van der Waals surface area contributed by atoms with Gasteiger partial charge in [0.1, 0.15) is 5.82 Å². The third-order valence-electron chi connectivity index (χ3n) is 4.85. The summed E-state index contributed by atoms with van der Waals surface area (Å²) in [5.74, 6) is -0.323. The zero-order valence-electron chi connectivity index (χ0n) is 14.8. The van der Waals surface area contributed by atoms with E-state index >= 15 is 0 Å². The van der Waals surface area contributed by atoms with Crippen molar-refractivity contribution in [3.05, 3.63) is 65.6 Å². The second-order valence-corrected chi connectivity index (χ2v) is 8.87. The molecule has 7 heteroatoms. The van der Waals surface area contributed by atoms with Crippen molar-refractivity contribution in [2.24, 2.45) is 0 Å². The molecule has 1 aromatic heterocycles. The van der Waals surface area contributed by atoms with Crippen LogP contribution < -0.4 is 0 Å². The first-order valence-electron chi connectivity index (χ1n) is 8.68. The van der Waals surface area contributed by atoms with E-state index in [1.165, 1.54) is 18.4 Å². The second-order valence-electron chi connectivity index (χ2n) is 6.86. The van der Waals surface area contributed by atoms with Crippen LogP contribution in [0.25, 0.3) is 16.9 Å². The number of halogens is 1. The molecule has 140 valence electrons. The lowest BCUT2D eigenvalue weighted by molar-refractivity contribution is 0.158. The van der Waals surface area contributed by atoms with Gasteiger partial charge in [0, 0.05) is 23.8 Å². The van der Waals surface area contributed by atoms with Crippen LogP contribution in [-0.4, -0.2) is 35.7 Å². The summed E-state index contributed by atoms with van der Waals surface area (Å²) < 4.78 is 38.6. The van der Waals surface area contributed by atoms with Gasteiger partial charge in [-0.1, -0.05) is 0 Å². The molecule has 0 aliphatic heterocycles. The zero-order valence-corrected chi connectivity index (χ0v) is 15.6. The fourth-order valence-electron chi connectivity index (χ4n) is 3.48. The number of hydrogen-bond donors (Lipinski definition) is 1. The number of rotatable bonds is 3. The maximum Gasteiger partial charge on any atom is 0.175 e. The minimum atomic E-state index is -3.28. The Bertz CT molecular complexity index is 1090. The molecule has 1 unspecified atom stereocenters. The van der Waals surface area contributed by atoms with Crippen LogP contribution in [0.4, 0.5) is 4.39 Å². The molecule has 27 heavy (non-hydrogen) atoms. The maximum absolute atomic E-state index is 13.4. The van der Waals surface area contributed by atoms with Gasteiger partial charge in [0.2, 0.25) is 0 Å². The zero-order chi connectivity index (χ0) is 19.2. The Morgan fingerprint density at radius 2 is 1.78 bits per heavy atom. The van der Waals surface area contributed by atoms with Crippen LogP contribution in [0.1, 0.15) is 17.7 Å². The summed E-state index contributed by atoms with van der Waals surface area (Å²) in [5.41, 5.74) is 4.17. The highest BCUT2D eigenvalue weighted by molar-refractivity contribution is 7.90. The third kappa shape index (κ3) is 3.40. The van der Waals surface area contributed by atoms with Crippen molar-refractivity contribution in [1.82, 2.24) is 9.78 Å². The number of aromatic nitrogens is 2. The van der Waals surface area contributed by atoms with Gasteiger partial charge < -0.3 is 5.11 Å². The normalized spacial score (nSPS) is 16.9. The van der Waals surface area contributed by atoms with Crippen LogP contribution in [-0.2, 0) is 22.7 Å². The standard InChI is InChI=1S/C20H19FN2O3S/c1-27(25,26)17-9-6-15(7-10-17)23-20(13-2-4-14(21)5-3-13)18-12-16(24)8-11-19(18)22-23/h2-7,9-10,16,24H,8,11-12H2,1H3. The van der Waals surface area contributed by atoms with Crippen LogP contribution in [0.3, 0.4) is 0 Å². The molecule has 1 heterocycles. The van der Waals surface area contributed by atoms with E-state index in [2.05, 4.69) is 0 Å². The number of fused-ring (bicyclic) bond motifs is 1.